The van der Waals surface area contributed by atoms with Crippen LogP contribution in [0.1, 0.15) is 25.3 Å². The van der Waals surface area contributed by atoms with E-state index in [-0.39, 0.29) is 5.03 Å². The highest BCUT2D eigenvalue weighted by Crippen LogP contribution is 2.25. The van der Waals surface area contributed by atoms with E-state index in [1.54, 1.807) is 16.8 Å². The van der Waals surface area contributed by atoms with E-state index in [0.29, 0.717) is 5.92 Å². The number of benzene rings is 1. The Labute approximate surface area is 107 Å². The molecule has 0 aliphatic heterocycles. The Morgan fingerprint density at radius 3 is 2.39 bits per heavy atom. The number of nitrogens with two attached hydrogens (primary N) is 1. The van der Waals surface area contributed by atoms with Gasteiger partial charge < -0.3 is 4.57 Å². The van der Waals surface area contributed by atoms with Crippen molar-refractivity contribution in [2.24, 2.45) is 5.14 Å². The lowest BCUT2D eigenvalue weighted by Gasteiger charge is -2.15. The van der Waals surface area contributed by atoms with Gasteiger partial charge in [0.15, 0.2) is 5.03 Å². The molecule has 1 aromatic carbocycles. The first-order valence-corrected chi connectivity index (χ1v) is 7.25. The van der Waals surface area contributed by atoms with Crippen LogP contribution in [0.25, 0.3) is 5.69 Å². The van der Waals surface area contributed by atoms with Gasteiger partial charge in [-0.2, -0.15) is 0 Å². The van der Waals surface area contributed by atoms with Crippen molar-refractivity contribution < 1.29 is 8.42 Å². The molecule has 0 saturated heterocycles. The molecule has 0 fully saturated rings. The van der Waals surface area contributed by atoms with Crippen LogP contribution in [-0.4, -0.2) is 13.0 Å². The van der Waals surface area contributed by atoms with Gasteiger partial charge in [0, 0.05) is 11.9 Å². The lowest BCUT2D eigenvalue weighted by Crippen LogP contribution is -2.17. The van der Waals surface area contributed by atoms with Crippen LogP contribution in [0, 0.1) is 0 Å². The third-order valence-electron chi connectivity index (χ3n) is 2.82. The molecule has 2 rings (SSSR count). The molecular formula is C13H16N2O2S. The zero-order chi connectivity index (χ0) is 13.3. The van der Waals surface area contributed by atoms with Gasteiger partial charge in [0.25, 0.3) is 10.0 Å². The molecule has 2 aromatic rings. The van der Waals surface area contributed by atoms with E-state index in [1.165, 1.54) is 6.07 Å². The predicted octanol–water partition coefficient (Wildman–Crippen LogP) is 2.25. The monoisotopic (exact) mass is 264 g/mol. The van der Waals surface area contributed by atoms with Gasteiger partial charge in [0.2, 0.25) is 0 Å². The van der Waals surface area contributed by atoms with Crippen molar-refractivity contribution in [1.82, 2.24) is 4.57 Å². The summed E-state index contributed by atoms with van der Waals surface area (Å²) >= 11 is 0. The molecule has 0 aliphatic rings. The second-order valence-electron chi connectivity index (χ2n) is 4.47. The molecule has 0 radical (unpaired) electrons. The topological polar surface area (TPSA) is 65.1 Å². The smallest absolute Gasteiger partial charge is 0.254 e. The maximum Gasteiger partial charge on any atom is 0.254 e. The van der Waals surface area contributed by atoms with Gasteiger partial charge in [-0.05, 0) is 29.7 Å². The van der Waals surface area contributed by atoms with Crippen LogP contribution in [0.3, 0.4) is 0 Å². The van der Waals surface area contributed by atoms with E-state index < -0.39 is 10.0 Å². The van der Waals surface area contributed by atoms with E-state index in [0.717, 1.165) is 11.3 Å². The summed E-state index contributed by atoms with van der Waals surface area (Å²) in [4.78, 5) is 0. The first-order chi connectivity index (χ1) is 8.41. The van der Waals surface area contributed by atoms with E-state index in [2.05, 4.69) is 13.8 Å². The first-order valence-electron chi connectivity index (χ1n) is 5.70. The number of para-hydroxylation sites is 1. The molecular weight excluding hydrogens is 248 g/mol. The van der Waals surface area contributed by atoms with E-state index in [9.17, 15) is 8.42 Å². The highest BCUT2D eigenvalue weighted by atomic mass is 32.2. The average molecular weight is 264 g/mol. The van der Waals surface area contributed by atoms with Crippen LogP contribution in [0.4, 0.5) is 0 Å². The third kappa shape index (κ3) is 2.32. The Morgan fingerprint density at radius 1 is 1.11 bits per heavy atom. The van der Waals surface area contributed by atoms with Crippen LogP contribution in [0.2, 0.25) is 0 Å². The van der Waals surface area contributed by atoms with E-state index in [4.69, 9.17) is 5.14 Å². The molecule has 0 amide bonds. The standard InChI is InChI=1S/C13H16N2O2S/c1-10(2)11-6-3-4-7-12(11)15-9-5-8-13(15)18(14,16)17/h3-10H,1-2H3,(H2,14,16,17). The summed E-state index contributed by atoms with van der Waals surface area (Å²) in [5, 5.41) is 5.32. The third-order valence-corrected chi connectivity index (χ3v) is 3.74. The van der Waals surface area contributed by atoms with Crippen molar-refractivity contribution in [1.29, 1.82) is 0 Å². The van der Waals surface area contributed by atoms with Gasteiger partial charge >= 0.3 is 0 Å². The fourth-order valence-corrected chi connectivity index (χ4v) is 2.69. The molecule has 0 aliphatic carbocycles. The van der Waals surface area contributed by atoms with Crippen LogP contribution >= 0.6 is 0 Å². The van der Waals surface area contributed by atoms with Crippen molar-refractivity contribution in [2.75, 3.05) is 0 Å². The minimum atomic E-state index is -3.72. The summed E-state index contributed by atoms with van der Waals surface area (Å²) in [6.45, 7) is 4.14. The highest BCUT2D eigenvalue weighted by molar-refractivity contribution is 7.89. The molecule has 5 heteroatoms. The lowest BCUT2D eigenvalue weighted by molar-refractivity contribution is 0.591. The maximum absolute atomic E-state index is 11.5. The van der Waals surface area contributed by atoms with Gasteiger partial charge in [-0.15, -0.1) is 0 Å². The molecule has 2 N–H and O–H groups in total. The van der Waals surface area contributed by atoms with Crippen LogP contribution < -0.4 is 5.14 Å². The largest absolute Gasteiger partial charge is 0.306 e. The Hall–Kier alpha value is -1.59. The van der Waals surface area contributed by atoms with Gasteiger partial charge in [-0.1, -0.05) is 32.0 Å². The molecule has 96 valence electrons. The van der Waals surface area contributed by atoms with Gasteiger partial charge in [-0.25, -0.2) is 13.6 Å². The number of sulfonamides is 1. The van der Waals surface area contributed by atoms with Crippen molar-refractivity contribution in [3.05, 3.63) is 48.2 Å². The van der Waals surface area contributed by atoms with Crippen molar-refractivity contribution in [3.63, 3.8) is 0 Å². The molecule has 1 aromatic heterocycles. The Morgan fingerprint density at radius 2 is 1.78 bits per heavy atom. The van der Waals surface area contributed by atoms with Crippen LogP contribution in [0.15, 0.2) is 47.6 Å². The molecule has 18 heavy (non-hydrogen) atoms. The van der Waals surface area contributed by atoms with E-state index in [1.807, 2.05) is 24.3 Å². The predicted molar refractivity (Wildman–Crippen MR) is 71.2 cm³/mol. The average Bonchev–Trinajstić information content (AvgIpc) is 2.77. The van der Waals surface area contributed by atoms with Gasteiger partial charge in [-0.3, -0.25) is 0 Å². The fraction of sp³-hybridized carbons (Fsp3) is 0.231. The molecule has 4 nitrogen and oxygen atoms in total. The SMILES string of the molecule is CC(C)c1ccccc1-n1cccc1S(N)(=O)=O. The zero-order valence-electron chi connectivity index (χ0n) is 10.4. The quantitative estimate of drug-likeness (QED) is 0.924. The molecule has 1 heterocycles. The molecule has 0 spiro atoms. The highest BCUT2D eigenvalue weighted by Gasteiger charge is 2.16. The molecule has 0 saturated carbocycles. The summed E-state index contributed by atoms with van der Waals surface area (Å²) in [5.41, 5.74) is 1.93. The minimum absolute atomic E-state index is 0.107. The summed E-state index contributed by atoms with van der Waals surface area (Å²) in [6.07, 6.45) is 1.71. The Balaban J connectivity index is 2.68. The normalized spacial score (nSPS) is 12.0. The summed E-state index contributed by atoms with van der Waals surface area (Å²) < 4.78 is 24.7. The Kier molecular flexibility index (Phi) is 3.28. The summed E-state index contributed by atoms with van der Waals surface area (Å²) in [6, 6.07) is 10.9. The second kappa shape index (κ2) is 4.59. The fourth-order valence-electron chi connectivity index (χ4n) is 1.99. The number of hydrogen-bond acceptors (Lipinski definition) is 2. The van der Waals surface area contributed by atoms with E-state index >= 15 is 0 Å². The lowest BCUT2D eigenvalue weighted by atomic mass is 10.0. The number of primary sulfonamides is 1. The second-order valence-corrected chi connectivity index (χ2v) is 5.98. The van der Waals surface area contributed by atoms with Crippen molar-refractivity contribution >= 4 is 10.0 Å². The van der Waals surface area contributed by atoms with Crippen LogP contribution in [0.5, 0.6) is 0 Å². The van der Waals surface area contributed by atoms with Gasteiger partial charge in [0.1, 0.15) is 0 Å². The number of hydrogen-bond donors (Lipinski definition) is 1. The number of nitrogens with zero attached hydrogens (tertiary/aromatic N) is 1. The van der Waals surface area contributed by atoms with Crippen molar-refractivity contribution in [2.45, 2.75) is 24.8 Å². The minimum Gasteiger partial charge on any atom is -0.306 e. The number of rotatable bonds is 3. The summed E-state index contributed by atoms with van der Waals surface area (Å²) in [5.74, 6) is 0.303. The Bertz CT molecular complexity index is 657. The molecule has 0 unspecified atom stereocenters. The first kappa shape index (κ1) is 12.9. The maximum atomic E-state index is 11.5. The number of aromatic nitrogens is 1. The van der Waals surface area contributed by atoms with Crippen molar-refractivity contribution in [3.8, 4) is 5.69 Å². The summed E-state index contributed by atoms with van der Waals surface area (Å²) in [7, 11) is -3.72. The molecule has 0 bridgehead atoms. The molecule has 0 atom stereocenters. The van der Waals surface area contributed by atoms with Crippen LogP contribution in [-0.2, 0) is 10.0 Å². The van der Waals surface area contributed by atoms with Gasteiger partial charge in [0.05, 0.1) is 0 Å². The zero-order valence-corrected chi connectivity index (χ0v) is 11.2.